The quantitative estimate of drug-likeness (QED) is 0.805. The topological polar surface area (TPSA) is 52.3 Å². The molecule has 0 radical (unpaired) electrons. The van der Waals surface area contributed by atoms with Crippen molar-refractivity contribution in [3.8, 4) is 0 Å². The van der Waals surface area contributed by atoms with Gasteiger partial charge in [0, 0.05) is 5.02 Å². The number of carbonyl (C=O) groups is 1. The molecule has 0 fully saturated rings. The van der Waals surface area contributed by atoms with E-state index in [1.807, 2.05) is 12.1 Å². The van der Waals surface area contributed by atoms with Gasteiger partial charge in [0.2, 0.25) is 0 Å². The smallest absolute Gasteiger partial charge is 0.313 e. The maximum Gasteiger partial charge on any atom is 0.313 e. The monoisotopic (exact) mass is 241 g/mol. The van der Waals surface area contributed by atoms with Gasteiger partial charge in [-0.25, -0.2) is 0 Å². The third kappa shape index (κ3) is 3.51. The Labute approximate surface area is 101 Å². The number of rotatable bonds is 5. The van der Waals surface area contributed by atoms with Crippen LogP contribution in [0.15, 0.2) is 24.3 Å². The zero-order valence-corrected chi connectivity index (χ0v) is 10.0. The number of nitrogens with two attached hydrogens (primary N) is 1. The van der Waals surface area contributed by atoms with Crippen LogP contribution in [0.1, 0.15) is 24.8 Å². The number of carbonyl (C=O) groups excluding carboxylic acids is 1. The summed E-state index contributed by atoms with van der Waals surface area (Å²) in [5, 5.41) is 0.652. The second-order valence-corrected chi connectivity index (χ2v) is 3.87. The lowest BCUT2D eigenvalue weighted by molar-refractivity contribution is -0.145. The van der Waals surface area contributed by atoms with Gasteiger partial charge in [-0.1, -0.05) is 23.7 Å². The number of benzene rings is 1. The van der Waals surface area contributed by atoms with Crippen molar-refractivity contribution in [3.63, 3.8) is 0 Å². The maximum atomic E-state index is 11.7. The summed E-state index contributed by atoms with van der Waals surface area (Å²) in [6.45, 7) is 2.62. The number of ether oxygens (including phenoxy) is 1. The van der Waals surface area contributed by atoms with E-state index in [1.54, 1.807) is 19.1 Å². The fourth-order valence-electron chi connectivity index (χ4n) is 1.53. The molecule has 16 heavy (non-hydrogen) atoms. The molecule has 1 unspecified atom stereocenters. The Morgan fingerprint density at radius 1 is 1.44 bits per heavy atom. The molecule has 88 valence electrons. The molecule has 1 atom stereocenters. The van der Waals surface area contributed by atoms with Gasteiger partial charge >= 0.3 is 5.97 Å². The van der Waals surface area contributed by atoms with Crippen LogP contribution in [0, 0.1) is 0 Å². The first-order valence-corrected chi connectivity index (χ1v) is 5.69. The van der Waals surface area contributed by atoms with Crippen LogP contribution < -0.4 is 5.73 Å². The van der Waals surface area contributed by atoms with Gasteiger partial charge in [-0.05, 0) is 37.6 Å². The van der Waals surface area contributed by atoms with Crippen LogP contribution >= 0.6 is 11.6 Å². The molecule has 0 saturated carbocycles. The normalized spacial score (nSPS) is 12.2. The Hall–Kier alpha value is -1.06. The Morgan fingerprint density at radius 3 is 2.56 bits per heavy atom. The van der Waals surface area contributed by atoms with E-state index in [2.05, 4.69) is 0 Å². The minimum absolute atomic E-state index is 0.227. The summed E-state index contributed by atoms with van der Waals surface area (Å²) in [5.41, 5.74) is 6.39. The lowest BCUT2D eigenvalue weighted by Gasteiger charge is -2.14. The third-order valence-electron chi connectivity index (χ3n) is 2.30. The lowest BCUT2D eigenvalue weighted by Crippen LogP contribution is -2.19. The van der Waals surface area contributed by atoms with Gasteiger partial charge in [-0.15, -0.1) is 0 Å². The largest absolute Gasteiger partial charge is 0.466 e. The van der Waals surface area contributed by atoms with Crippen molar-refractivity contribution in [2.24, 2.45) is 5.73 Å². The molecular formula is C12H16ClNO2. The highest BCUT2D eigenvalue weighted by molar-refractivity contribution is 6.30. The van der Waals surface area contributed by atoms with E-state index >= 15 is 0 Å². The average Bonchev–Trinajstić information content (AvgIpc) is 2.28. The number of esters is 1. The van der Waals surface area contributed by atoms with Crippen LogP contribution in [0.25, 0.3) is 0 Å². The van der Waals surface area contributed by atoms with Crippen LogP contribution in [0.3, 0.4) is 0 Å². The predicted molar refractivity (Wildman–Crippen MR) is 64.5 cm³/mol. The van der Waals surface area contributed by atoms with Gasteiger partial charge in [-0.2, -0.15) is 0 Å². The summed E-state index contributed by atoms with van der Waals surface area (Å²) in [5.74, 6) is -0.516. The molecule has 1 aromatic rings. The molecule has 3 nitrogen and oxygen atoms in total. The van der Waals surface area contributed by atoms with Gasteiger partial charge in [0.15, 0.2) is 0 Å². The van der Waals surface area contributed by atoms with E-state index in [4.69, 9.17) is 22.1 Å². The van der Waals surface area contributed by atoms with Crippen molar-refractivity contribution in [3.05, 3.63) is 34.9 Å². The molecule has 4 heteroatoms. The van der Waals surface area contributed by atoms with E-state index in [0.29, 0.717) is 24.6 Å². The standard InChI is InChI=1S/C12H16ClNO2/c1-2-16-12(15)11(7-8-14)9-3-5-10(13)6-4-9/h3-6,11H,2,7-8,14H2,1H3. The van der Waals surface area contributed by atoms with E-state index in [0.717, 1.165) is 5.56 Å². The molecular weight excluding hydrogens is 226 g/mol. The zero-order valence-electron chi connectivity index (χ0n) is 9.28. The summed E-state index contributed by atoms with van der Waals surface area (Å²) in [6, 6.07) is 7.19. The zero-order chi connectivity index (χ0) is 12.0. The maximum absolute atomic E-state index is 11.7. The molecule has 0 aliphatic carbocycles. The van der Waals surface area contributed by atoms with Crippen molar-refractivity contribution in [1.29, 1.82) is 0 Å². The minimum Gasteiger partial charge on any atom is -0.466 e. The molecule has 0 aliphatic rings. The molecule has 1 rings (SSSR count). The fraction of sp³-hybridized carbons (Fsp3) is 0.417. The molecule has 0 aromatic heterocycles. The average molecular weight is 242 g/mol. The number of hydrogen-bond donors (Lipinski definition) is 1. The Kier molecular flexibility index (Phi) is 5.29. The summed E-state index contributed by atoms with van der Waals surface area (Å²) in [4.78, 5) is 11.7. The summed E-state index contributed by atoms with van der Waals surface area (Å²) < 4.78 is 5.01. The molecule has 2 N–H and O–H groups in total. The van der Waals surface area contributed by atoms with Crippen molar-refractivity contribution >= 4 is 17.6 Å². The second kappa shape index (κ2) is 6.51. The molecule has 0 spiro atoms. The number of hydrogen-bond acceptors (Lipinski definition) is 3. The Balaban J connectivity index is 2.84. The van der Waals surface area contributed by atoms with Gasteiger partial charge in [-0.3, -0.25) is 4.79 Å². The molecule has 1 aromatic carbocycles. The predicted octanol–water partition coefficient (Wildman–Crippen LogP) is 2.34. The summed E-state index contributed by atoms with van der Waals surface area (Å²) in [7, 11) is 0. The summed E-state index contributed by atoms with van der Waals surface area (Å²) >= 11 is 5.79. The first-order chi connectivity index (χ1) is 7.69. The van der Waals surface area contributed by atoms with Crippen LogP contribution in [0.2, 0.25) is 5.02 Å². The first kappa shape index (κ1) is 13.0. The third-order valence-corrected chi connectivity index (χ3v) is 2.55. The van der Waals surface area contributed by atoms with Crippen molar-refractivity contribution in [1.82, 2.24) is 0 Å². The van der Waals surface area contributed by atoms with Crippen molar-refractivity contribution in [2.45, 2.75) is 19.3 Å². The molecule has 0 saturated heterocycles. The van der Waals surface area contributed by atoms with Gasteiger partial charge in [0.25, 0.3) is 0 Å². The number of halogens is 1. The van der Waals surface area contributed by atoms with E-state index in [9.17, 15) is 4.79 Å². The first-order valence-electron chi connectivity index (χ1n) is 5.31. The van der Waals surface area contributed by atoms with Crippen LogP contribution in [0.5, 0.6) is 0 Å². The molecule has 0 aliphatic heterocycles. The van der Waals surface area contributed by atoms with Gasteiger partial charge < -0.3 is 10.5 Å². The van der Waals surface area contributed by atoms with Crippen molar-refractivity contribution in [2.75, 3.05) is 13.2 Å². The van der Waals surface area contributed by atoms with Crippen molar-refractivity contribution < 1.29 is 9.53 Å². The molecule has 0 bridgehead atoms. The van der Waals surface area contributed by atoms with E-state index in [1.165, 1.54) is 0 Å². The van der Waals surface area contributed by atoms with Gasteiger partial charge in [0.1, 0.15) is 0 Å². The fourth-order valence-corrected chi connectivity index (χ4v) is 1.65. The van der Waals surface area contributed by atoms with E-state index in [-0.39, 0.29) is 11.9 Å². The van der Waals surface area contributed by atoms with E-state index < -0.39 is 0 Å². The molecule has 0 amide bonds. The highest BCUT2D eigenvalue weighted by Gasteiger charge is 2.20. The highest BCUT2D eigenvalue weighted by Crippen LogP contribution is 2.22. The van der Waals surface area contributed by atoms with Crippen LogP contribution in [-0.2, 0) is 9.53 Å². The second-order valence-electron chi connectivity index (χ2n) is 3.43. The van der Waals surface area contributed by atoms with Crippen LogP contribution in [-0.4, -0.2) is 19.1 Å². The highest BCUT2D eigenvalue weighted by atomic mass is 35.5. The SMILES string of the molecule is CCOC(=O)C(CCN)c1ccc(Cl)cc1. The summed E-state index contributed by atoms with van der Waals surface area (Å²) in [6.07, 6.45) is 0.584. The van der Waals surface area contributed by atoms with Gasteiger partial charge in [0.05, 0.1) is 12.5 Å². The minimum atomic E-state index is -0.290. The Bertz CT molecular complexity index is 337. The Morgan fingerprint density at radius 2 is 2.06 bits per heavy atom. The molecule has 0 heterocycles. The van der Waals surface area contributed by atoms with Crippen LogP contribution in [0.4, 0.5) is 0 Å². The lowest BCUT2D eigenvalue weighted by atomic mass is 9.96.